The molecule has 3 aliphatic rings. The number of aryl methyl sites for hydroxylation is 1. The van der Waals surface area contributed by atoms with Crippen LogP contribution in [0.15, 0.2) is 0 Å². The van der Waals surface area contributed by atoms with E-state index in [9.17, 15) is 4.79 Å². The van der Waals surface area contributed by atoms with Crippen LogP contribution in [0.25, 0.3) is 0 Å². The number of fused-ring (bicyclic) bond motifs is 2. The van der Waals surface area contributed by atoms with Crippen LogP contribution in [0.1, 0.15) is 43.1 Å². The number of likely N-dealkylation sites (tertiary alicyclic amines) is 1. The molecule has 1 amide bonds. The summed E-state index contributed by atoms with van der Waals surface area (Å²) in [6.45, 7) is 7.33. The molecule has 4 rings (SSSR count). The molecule has 1 aromatic rings. The molecule has 6 nitrogen and oxygen atoms in total. The summed E-state index contributed by atoms with van der Waals surface area (Å²) in [5.74, 6) is 1.65. The van der Waals surface area contributed by atoms with Gasteiger partial charge >= 0.3 is 0 Å². The van der Waals surface area contributed by atoms with Gasteiger partial charge in [0.1, 0.15) is 0 Å². The van der Waals surface area contributed by atoms with Crippen LogP contribution in [-0.2, 0) is 21.6 Å². The Kier molecular flexibility index (Phi) is 3.52. The zero-order valence-corrected chi connectivity index (χ0v) is 13.9. The number of carbonyl (C=O) groups is 1. The Hall–Kier alpha value is -1.69. The van der Waals surface area contributed by atoms with Crippen LogP contribution in [0, 0.1) is 12.8 Å². The number of amides is 1. The zero-order valence-electron chi connectivity index (χ0n) is 13.9. The summed E-state index contributed by atoms with van der Waals surface area (Å²) in [5.41, 5.74) is 3.04. The lowest BCUT2D eigenvalue weighted by molar-refractivity contribution is -0.128. The van der Waals surface area contributed by atoms with E-state index in [0.29, 0.717) is 19.8 Å². The molecule has 1 saturated heterocycles. The van der Waals surface area contributed by atoms with E-state index < -0.39 is 0 Å². The number of nitrogens with zero attached hydrogens (tertiary/aromatic N) is 3. The molecule has 0 aromatic carbocycles. The molecule has 1 atom stereocenters. The molecule has 6 heteroatoms. The predicted octanol–water partition coefficient (Wildman–Crippen LogP) is 1.63. The smallest absolute Gasteiger partial charge is 0.223 e. The number of anilines is 1. The predicted molar refractivity (Wildman–Crippen MR) is 86.2 cm³/mol. The molecule has 2 aliphatic heterocycles. The summed E-state index contributed by atoms with van der Waals surface area (Å²) in [6, 6.07) is 0. The van der Waals surface area contributed by atoms with E-state index >= 15 is 0 Å². The molecule has 2 fully saturated rings. The quantitative estimate of drug-likeness (QED) is 0.918. The first-order chi connectivity index (χ1) is 11.1. The fourth-order valence-corrected chi connectivity index (χ4v) is 3.71. The molecule has 0 unspecified atom stereocenters. The van der Waals surface area contributed by atoms with Crippen LogP contribution in [0.2, 0.25) is 0 Å². The molecule has 124 valence electrons. The van der Waals surface area contributed by atoms with Gasteiger partial charge in [-0.1, -0.05) is 0 Å². The number of hydrogen-bond donors (Lipinski definition) is 1. The summed E-state index contributed by atoms with van der Waals surface area (Å²) in [5, 5.41) is 3.39. The molecule has 1 N–H and O–H groups in total. The Bertz CT molecular complexity index is 644. The van der Waals surface area contributed by atoms with Gasteiger partial charge < -0.3 is 15.0 Å². The molecule has 0 bridgehead atoms. The molecule has 3 heterocycles. The number of rotatable bonds is 3. The van der Waals surface area contributed by atoms with Gasteiger partial charge in [-0.15, -0.1) is 0 Å². The van der Waals surface area contributed by atoms with Gasteiger partial charge in [0.2, 0.25) is 11.9 Å². The molecule has 1 saturated carbocycles. The van der Waals surface area contributed by atoms with Crippen molar-refractivity contribution in [3.63, 3.8) is 0 Å². The lowest BCUT2D eigenvalue weighted by Gasteiger charge is -2.35. The minimum absolute atomic E-state index is 0.131. The fourth-order valence-electron chi connectivity index (χ4n) is 3.71. The Labute approximate surface area is 136 Å². The van der Waals surface area contributed by atoms with Crippen molar-refractivity contribution in [2.24, 2.45) is 5.92 Å². The van der Waals surface area contributed by atoms with Gasteiger partial charge in [-0.05, 0) is 32.1 Å². The lowest BCUT2D eigenvalue weighted by Crippen LogP contribution is -2.41. The Morgan fingerprint density at radius 3 is 2.96 bits per heavy atom. The van der Waals surface area contributed by atoms with Crippen LogP contribution in [0.4, 0.5) is 5.95 Å². The number of hydrogen-bond acceptors (Lipinski definition) is 5. The first-order valence-corrected chi connectivity index (χ1v) is 8.52. The number of carbonyl (C=O) groups excluding carboxylic acids is 1. The summed E-state index contributed by atoms with van der Waals surface area (Å²) in [6.07, 6.45) is 3.53. The van der Waals surface area contributed by atoms with Crippen molar-refractivity contribution in [3.05, 3.63) is 17.0 Å². The monoisotopic (exact) mass is 316 g/mol. The minimum atomic E-state index is -0.164. The van der Waals surface area contributed by atoms with Crippen LogP contribution in [0.5, 0.6) is 0 Å². The summed E-state index contributed by atoms with van der Waals surface area (Å²) in [4.78, 5) is 23.1. The summed E-state index contributed by atoms with van der Waals surface area (Å²) < 4.78 is 5.85. The second-order valence-corrected chi connectivity index (χ2v) is 7.25. The van der Waals surface area contributed by atoms with Crippen LogP contribution in [-0.4, -0.2) is 47.0 Å². The van der Waals surface area contributed by atoms with Gasteiger partial charge in [-0.3, -0.25) is 4.79 Å². The lowest BCUT2D eigenvalue weighted by atomic mass is 9.80. The van der Waals surface area contributed by atoms with Crippen molar-refractivity contribution in [2.45, 2.75) is 45.1 Å². The third kappa shape index (κ3) is 2.69. The second kappa shape index (κ2) is 5.44. The van der Waals surface area contributed by atoms with Crippen molar-refractivity contribution >= 4 is 11.9 Å². The molecule has 1 spiro atoms. The highest BCUT2D eigenvalue weighted by Gasteiger charge is 2.46. The third-order valence-electron chi connectivity index (χ3n) is 5.39. The first-order valence-electron chi connectivity index (χ1n) is 8.52. The largest absolute Gasteiger partial charge is 0.376 e. The van der Waals surface area contributed by atoms with E-state index in [4.69, 9.17) is 9.72 Å². The van der Waals surface area contributed by atoms with Crippen molar-refractivity contribution in [2.75, 3.05) is 31.6 Å². The Morgan fingerprint density at radius 1 is 1.43 bits per heavy atom. The standard InChI is InChI=1S/C17H24N4O2/c1-11-14-8-23-10-17(5-6-21(9-17)12(2)22)15(14)20-16(19-11)18-7-13-3-4-13/h13H,3-10H2,1-2H3,(H,18,19,20)/t17-/m0/s1. The summed E-state index contributed by atoms with van der Waals surface area (Å²) in [7, 11) is 0. The molecular formula is C17H24N4O2. The van der Waals surface area contributed by atoms with E-state index in [2.05, 4.69) is 10.3 Å². The van der Waals surface area contributed by atoms with Gasteiger partial charge in [0.05, 0.1) is 24.3 Å². The van der Waals surface area contributed by atoms with Crippen molar-refractivity contribution in [3.8, 4) is 0 Å². The maximum Gasteiger partial charge on any atom is 0.223 e. The maximum absolute atomic E-state index is 11.7. The van der Waals surface area contributed by atoms with Crippen molar-refractivity contribution in [1.29, 1.82) is 0 Å². The minimum Gasteiger partial charge on any atom is -0.376 e. The number of ether oxygens (including phenoxy) is 1. The normalized spacial score (nSPS) is 26.4. The van der Waals surface area contributed by atoms with Gasteiger partial charge in [-0.2, -0.15) is 0 Å². The number of nitrogens with one attached hydrogen (secondary N) is 1. The summed E-state index contributed by atoms with van der Waals surface area (Å²) >= 11 is 0. The molecular weight excluding hydrogens is 292 g/mol. The second-order valence-electron chi connectivity index (χ2n) is 7.25. The highest BCUT2D eigenvalue weighted by Crippen LogP contribution is 2.40. The topological polar surface area (TPSA) is 67.4 Å². The molecule has 23 heavy (non-hydrogen) atoms. The van der Waals surface area contributed by atoms with Gasteiger partial charge in [0.25, 0.3) is 0 Å². The average molecular weight is 316 g/mol. The van der Waals surface area contributed by atoms with Gasteiger partial charge in [-0.25, -0.2) is 9.97 Å². The van der Waals surface area contributed by atoms with Crippen LogP contribution < -0.4 is 5.32 Å². The maximum atomic E-state index is 11.7. The Balaban J connectivity index is 1.66. The molecule has 1 aromatic heterocycles. The van der Waals surface area contributed by atoms with Crippen LogP contribution >= 0.6 is 0 Å². The average Bonchev–Trinajstić information content (AvgIpc) is 3.26. The van der Waals surface area contributed by atoms with Crippen LogP contribution in [0.3, 0.4) is 0 Å². The highest BCUT2D eigenvalue weighted by molar-refractivity contribution is 5.74. The van der Waals surface area contributed by atoms with E-state index in [0.717, 1.165) is 48.3 Å². The number of aromatic nitrogens is 2. The third-order valence-corrected chi connectivity index (χ3v) is 5.39. The van der Waals surface area contributed by atoms with Crippen molar-refractivity contribution < 1.29 is 9.53 Å². The van der Waals surface area contributed by atoms with Gasteiger partial charge in [0, 0.05) is 37.8 Å². The van der Waals surface area contributed by atoms with Crippen molar-refractivity contribution in [1.82, 2.24) is 14.9 Å². The van der Waals surface area contributed by atoms with E-state index in [-0.39, 0.29) is 11.3 Å². The van der Waals surface area contributed by atoms with Gasteiger partial charge in [0.15, 0.2) is 0 Å². The van der Waals surface area contributed by atoms with E-state index in [1.165, 1.54) is 12.8 Å². The Morgan fingerprint density at radius 2 is 2.26 bits per heavy atom. The molecule has 1 aliphatic carbocycles. The fraction of sp³-hybridized carbons (Fsp3) is 0.706. The SMILES string of the molecule is CC(=O)N1CC[C@@]2(COCc3c(C)nc(NCC4CC4)nc32)C1. The highest BCUT2D eigenvalue weighted by atomic mass is 16.5. The first kappa shape index (κ1) is 14.9. The molecule has 0 radical (unpaired) electrons. The van der Waals surface area contributed by atoms with E-state index in [1.807, 2.05) is 11.8 Å². The van der Waals surface area contributed by atoms with E-state index in [1.54, 1.807) is 6.92 Å². The zero-order chi connectivity index (χ0) is 16.0.